The summed E-state index contributed by atoms with van der Waals surface area (Å²) < 4.78 is 0. The number of rotatable bonds is 4. The van der Waals surface area contributed by atoms with Gasteiger partial charge in [0.1, 0.15) is 0 Å². The molecule has 2 nitrogen and oxygen atoms in total. The van der Waals surface area contributed by atoms with Crippen molar-refractivity contribution in [3.8, 4) is 0 Å². The van der Waals surface area contributed by atoms with E-state index in [0.29, 0.717) is 10.6 Å². The molecule has 0 radical (unpaired) electrons. The highest BCUT2D eigenvalue weighted by molar-refractivity contribution is 6.31. The molecule has 0 N–H and O–H groups in total. The monoisotopic (exact) mass is 311 g/mol. The molecule has 1 aliphatic rings. The van der Waals surface area contributed by atoms with Gasteiger partial charge in [-0.1, -0.05) is 41.9 Å². The fourth-order valence-electron chi connectivity index (χ4n) is 2.68. The summed E-state index contributed by atoms with van der Waals surface area (Å²) in [7, 11) is 0. The van der Waals surface area contributed by atoms with Gasteiger partial charge in [-0.2, -0.15) is 0 Å². The fourth-order valence-corrected chi connectivity index (χ4v) is 2.87. The lowest BCUT2D eigenvalue weighted by Gasteiger charge is -2.17. The largest absolute Gasteiger partial charge is 0.372 e. The summed E-state index contributed by atoms with van der Waals surface area (Å²) in [6, 6.07) is 15.3. The number of allylic oxidation sites excluding steroid dienone is 1. The number of hydrogen-bond acceptors (Lipinski definition) is 2. The number of hydrogen-bond donors (Lipinski definition) is 0. The summed E-state index contributed by atoms with van der Waals surface area (Å²) in [4.78, 5) is 14.5. The van der Waals surface area contributed by atoms with Crippen molar-refractivity contribution in [2.75, 3.05) is 18.0 Å². The van der Waals surface area contributed by atoms with Crippen LogP contribution in [-0.2, 0) is 0 Å². The minimum Gasteiger partial charge on any atom is -0.372 e. The fraction of sp³-hybridized carbons (Fsp3) is 0.211. The van der Waals surface area contributed by atoms with Gasteiger partial charge in [-0.05, 0) is 48.7 Å². The lowest BCUT2D eigenvalue weighted by atomic mass is 10.1. The highest BCUT2D eigenvalue weighted by Crippen LogP contribution is 2.21. The van der Waals surface area contributed by atoms with E-state index in [2.05, 4.69) is 29.2 Å². The molecule has 0 atom stereocenters. The predicted octanol–water partition coefficient (Wildman–Crippen LogP) is 4.84. The normalized spacial score (nSPS) is 14.7. The molecular formula is C19H18ClNO. The van der Waals surface area contributed by atoms with E-state index < -0.39 is 0 Å². The van der Waals surface area contributed by atoms with Gasteiger partial charge in [0.25, 0.3) is 0 Å². The van der Waals surface area contributed by atoms with E-state index in [4.69, 9.17) is 11.6 Å². The summed E-state index contributed by atoms with van der Waals surface area (Å²) >= 11 is 5.90. The van der Waals surface area contributed by atoms with Gasteiger partial charge in [0.05, 0.1) is 0 Å². The van der Waals surface area contributed by atoms with Crippen molar-refractivity contribution in [2.45, 2.75) is 12.8 Å². The van der Waals surface area contributed by atoms with E-state index in [-0.39, 0.29) is 5.78 Å². The molecule has 0 unspecified atom stereocenters. The van der Waals surface area contributed by atoms with Crippen molar-refractivity contribution in [3.63, 3.8) is 0 Å². The smallest absolute Gasteiger partial charge is 0.185 e. The lowest BCUT2D eigenvalue weighted by molar-refractivity contribution is 0.104. The number of carbonyl (C=O) groups is 1. The Labute approximate surface area is 136 Å². The molecule has 0 aromatic heterocycles. The van der Waals surface area contributed by atoms with Crippen LogP contribution in [0.15, 0.2) is 54.6 Å². The second-order valence-corrected chi connectivity index (χ2v) is 5.93. The maximum atomic E-state index is 12.1. The van der Waals surface area contributed by atoms with Gasteiger partial charge in [0.2, 0.25) is 0 Å². The Morgan fingerprint density at radius 1 is 1.05 bits per heavy atom. The van der Waals surface area contributed by atoms with Gasteiger partial charge in [-0.25, -0.2) is 0 Å². The van der Waals surface area contributed by atoms with Gasteiger partial charge >= 0.3 is 0 Å². The van der Waals surface area contributed by atoms with Gasteiger partial charge in [-0.15, -0.1) is 0 Å². The summed E-state index contributed by atoms with van der Waals surface area (Å²) in [6.07, 6.45) is 5.99. The molecule has 3 rings (SSSR count). The van der Waals surface area contributed by atoms with E-state index >= 15 is 0 Å². The predicted molar refractivity (Wildman–Crippen MR) is 92.7 cm³/mol. The first kappa shape index (κ1) is 14.9. The Hall–Kier alpha value is -2.06. The van der Waals surface area contributed by atoms with Crippen LogP contribution in [-0.4, -0.2) is 18.9 Å². The summed E-state index contributed by atoms with van der Waals surface area (Å²) in [5.41, 5.74) is 2.89. The van der Waals surface area contributed by atoms with Crippen molar-refractivity contribution in [3.05, 3.63) is 70.8 Å². The number of anilines is 1. The quantitative estimate of drug-likeness (QED) is 0.595. The topological polar surface area (TPSA) is 20.3 Å². The SMILES string of the molecule is O=C(/C=C/c1ccc(N2CCCC2)cc1)c1cccc(Cl)c1. The van der Waals surface area contributed by atoms with Gasteiger partial charge in [-0.3, -0.25) is 4.79 Å². The minimum atomic E-state index is -0.0360. The molecule has 1 heterocycles. The molecule has 22 heavy (non-hydrogen) atoms. The average molecular weight is 312 g/mol. The van der Waals surface area contributed by atoms with Gasteiger partial charge in [0.15, 0.2) is 5.78 Å². The van der Waals surface area contributed by atoms with Crippen LogP contribution < -0.4 is 4.90 Å². The summed E-state index contributed by atoms with van der Waals surface area (Å²) in [6.45, 7) is 2.28. The standard InChI is InChI=1S/C19H18ClNO/c20-17-5-3-4-16(14-17)19(22)11-8-15-6-9-18(10-7-15)21-12-1-2-13-21/h3-11,14H,1-2,12-13H2/b11-8+. The van der Waals surface area contributed by atoms with Crippen molar-refractivity contribution in [2.24, 2.45) is 0 Å². The van der Waals surface area contributed by atoms with Gasteiger partial charge < -0.3 is 4.90 Å². The molecule has 0 aliphatic carbocycles. The summed E-state index contributed by atoms with van der Waals surface area (Å²) in [5.74, 6) is -0.0360. The van der Waals surface area contributed by atoms with E-state index in [0.717, 1.165) is 18.7 Å². The molecule has 1 aliphatic heterocycles. The number of carbonyl (C=O) groups excluding carboxylic acids is 1. The van der Waals surface area contributed by atoms with Crippen LogP contribution in [0.25, 0.3) is 6.08 Å². The highest BCUT2D eigenvalue weighted by atomic mass is 35.5. The van der Waals surface area contributed by atoms with Crippen LogP contribution in [0.5, 0.6) is 0 Å². The maximum Gasteiger partial charge on any atom is 0.185 e. The minimum absolute atomic E-state index is 0.0360. The number of nitrogens with zero attached hydrogens (tertiary/aromatic N) is 1. The van der Waals surface area contributed by atoms with Crippen LogP contribution in [0.4, 0.5) is 5.69 Å². The van der Waals surface area contributed by atoms with Crippen LogP contribution in [0.3, 0.4) is 0 Å². The third kappa shape index (κ3) is 3.58. The number of ketones is 1. The summed E-state index contributed by atoms with van der Waals surface area (Å²) in [5, 5.41) is 0.578. The van der Waals surface area contributed by atoms with Crippen LogP contribution in [0.1, 0.15) is 28.8 Å². The zero-order chi connectivity index (χ0) is 15.4. The molecular weight excluding hydrogens is 294 g/mol. The first-order valence-corrected chi connectivity index (χ1v) is 7.93. The zero-order valence-electron chi connectivity index (χ0n) is 12.3. The van der Waals surface area contributed by atoms with Crippen LogP contribution >= 0.6 is 11.6 Å². The van der Waals surface area contributed by atoms with Crippen molar-refractivity contribution in [1.82, 2.24) is 0 Å². The molecule has 0 bridgehead atoms. The number of benzene rings is 2. The molecule has 1 fully saturated rings. The molecule has 112 valence electrons. The molecule has 0 saturated carbocycles. The Morgan fingerprint density at radius 2 is 1.77 bits per heavy atom. The average Bonchev–Trinajstić information content (AvgIpc) is 3.07. The first-order chi connectivity index (χ1) is 10.7. The molecule has 1 saturated heterocycles. The third-order valence-electron chi connectivity index (χ3n) is 3.90. The Bertz CT molecular complexity index is 685. The second kappa shape index (κ2) is 6.80. The van der Waals surface area contributed by atoms with E-state index in [1.165, 1.54) is 18.5 Å². The van der Waals surface area contributed by atoms with Crippen LogP contribution in [0, 0.1) is 0 Å². The highest BCUT2D eigenvalue weighted by Gasteiger charge is 2.11. The second-order valence-electron chi connectivity index (χ2n) is 5.49. The van der Waals surface area contributed by atoms with Gasteiger partial charge in [0, 0.05) is 29.4 Å². The van der Waals surface area contributed by atoms with E-state index in [9.17, 15) is 4.79 Å². The molecule has 0 amide bonds. The van der Waals surface area contributed by atoms with Crippen molar-refractivity contribution < 1.29 is 4.79 Å². The number of halogens is 1. The molecule has 2 aromatic carbocycles. The molecule has 3 heteroatoms. The third-order valence-corrected chi connectivity index (χ3v) is 4.14. The Kier molecular flexibility index (Phi) is 4.59. The lowest BCUT2D eigenvalue weighted by Crippen LogP contribution is -2.17. The zero-order valence-corrected chi connectivity index (χ0v) is 13.1. The van der Waals surface area contributed by atoms with Crippen molar-refractivity contribution >= 4 is 29.1 Å². The van der Waals surface area contributed by atoms with Crippen molar-refractivity contribution in [1.29, 1.82) is 0 Å². The van der Waals surface area contributed by atoms with Crippen LogP contribution in [0.2, 0.25) is 5.02 Å². The molecule has 2 aromatic rings. The first-order valence-electron chi connectivity index (χ1n) is 7.55. The Morgan fingerprint density at radius 3 is 2.45 bits per heavy atom. The van der Waals surface area contributed by atoms with E-state index in [1.807, 2.05) is 6.08 Å². The maximum absolute atomic E-state index is 12.1. The molecule has 0 spiro atoms. The van der Waals surface area contributed by atoms with E-state index in [1.54, 1.807) is 30.3 Å². The Balaban J connectivity index is 1.68.